The van der Waals surface area contributed by atoms with Crippen LogP contribution in [0.2, 0.25) is 0 Å². The standard InChI is InChI=1S/C55H73N3O18S3/c1-39-38-55(22-26-73-30-28-71-6,23-27-74-31-29-72-7)57(25-13-33-78(65,66)67)46-37-47-43(36-42(39)46)40(34-49(75-47)53(2,3)4)14-9-8-10-15-48-54(5,21-11-16-52(61)76-58-50(59)19-20-51(58)60)44-35-41(79(68,69)70)17-18-45(44)56(48)24-12-32-77(62,63)64/h8-10,14-15,17-18,34-38H,11-13,16,19-33H2,1-7H3,(H2-,62,63,64,65,66,67,68,69,70)/p-2. The Labute approximate surface area is 463 Å². The number of methoxy groups -OCH3 is 2. The van der Waals surface area contributed by atoms with Gasteiger partial charge in [-0.3, -0.25) is 9.59 Å². The van der Waals surface area contributed by atoms with Gasteiger partial charge in [-0.25, -0.2) is 30.0 Å². The second kappa shape index (κ2) is 26.5. The van der Waals surface area contributed by atoms with Crippen LogP contribution in [0.25, 0.3) is 11.1 Å². The summed E-state index contributed by atoms with van der Waals surface area (Å²) >= 11 is 0. The average molecular weight is 1160 g/mol. The molecule has 0 aromatic heterocycles. The Bertz CT molecular complexity index is 3120. The third-order valence-corrected chi connectivity index (χ3v) is 16.6. The molecule has 434 valence electrons. The third-order valence-electron chi connectivity index (χ3n) is 14.2. The van der Waals surface area contributed by atoms with Crippen molar-refractivity contribution in [2.45, 2.75) is 108 Å². The minimum Gasteiger partial charge on any atom is -0.748 e. The number of allylic oxidation sites excluding steroid dienone is 9. The van der Waals surface area contributed by atoms with Gasteiger partial charge < -0.3 is 47.1 Å². The van der Waals surface area contributed by atoms with Gasteiger partial charge in [0.2, 0.25) is 5.69 Å². The van der Waals surface area contributed by atoms with Crippen LogP contribution in [-0.2, 0) is 73.9 Å². The van der Waals surface area contributed by atoms with E-state index in [1.54, 1.807) is 50.0 Å². The molecule has 1 atom stereocenters. The third kappa shape index (κ3) is 16.4. The van der Waals surface area contributed by atoms with Crippen molar-refractivity contribution in [1.82, 2.24) is 5.06 Å². The van der Waals surface area contributed by atoms with Crippen LogP contribution >= 0.6 is 0 Å². The first kappa shape index (κ1) is 62.8. The lowest BCUT2D eigenvalue weighted by Gasteiger charge is -2.48. The lowest BCUT2D eigenvalue weighted by atomic mass is 9.75. The van der Waals surface area contributed by atoms with Gasteiger partial charge in [-0.15, -0.1) is 5.06 Å². The summed E-state index contributed by atoms with van der Waals surface area (Å²) in [6.45, 7) is 12.2. The van der Waals surface area contributed by atoms with Crippen molar-refractivity contribution in [3.63, 3.8) is 0 Å². The molecule has 24 heteroatoms. The quantitative estimate of drug-likeness (QED) is 0.0289. The summed E-state index contributed by atoms with van der Waals surface area (Å²) in [5.74, 6) is -2.22. The van der Waals surface area contributed by atoms with E-state index in [0.717, 1.165) is 34.0 Å². The molecule has 21 nitrogen and oxygen atoms in total. The molecule has 2 amide bonds. The van der Waals surface area contributed by atoms with E-state index < -0.39 is 80.9 Å². The molecule has 4 aliphatic heterocycles. The van der Waals surface area contributed by atoms with Crippen LogP contribution in [0.3, 0.4) is 0 Å². The SMILES string of the molecule is COCCOCCC1(CCOCCOC)C=C(C)c2cc3c(cc2N1CCCS(=O)(=O)[O-])OC(C(C)(C)C)=C\C3=C/C=C/C=C/C1=[N+](CCCS(=O)(=O)[O-])c2ccc(S(=O)(=O)[O-])cc2C1(C)CCCC(=O)ON1C(=O)CCC1=O. The summed E-state index contributed by atoms with van der Waals surface area (Å²) in [6, 6.07) is 7.82. The molecule has 1 fully saturated rings. The van der Waals surface area contributed by atoms with Gasteiger partial charge in [-0.05, 0) is 81.4 Å². The number of benzene rings is 2. The second-order valence-corrected chi connectivity index (χ2v) is 25.4. The molecule has 0 N–H and O–H groups in total. The Morgan fingerprint density at radius 3 is 2.03 bits per heavy atom. The molecule has 2 aromatic rings. The van der Waals surface area contributed by atoms with Crippen molar-refractivity contribution in [2.24, 2.45) is 5.41 Å². The number of amides is 2. The minimum absolute atomic E-state index is 0.00183. The van der Waals surface area contributed by atoms with E-state index in [2.05, 4.69) is 11.0 Å². The normalized spacial score (nSPS) is 19.1. The summed E-state index contributed by atoms with van der Waals surface area (Å²) in [7, 11) is -10.9. The van der Waals surface area contributed by atoms with Gasteiger partial charge in [-0.1, -0.05) is 51.2 Å². The van der Waals surface area contributed by atoms with Crippen molar-refractivity contribution < 1.29 is 86.4 Å². The summed E-state index contributed by atoms with van der Waals surface area (Å²) < 4.78 is 139. The molecule has 0 bridgehead atoms. The summed E-state index contributed by atoms with van der Waals surface area (Å²) in [5.41, 5.74) is 3.12. The highest BCUT2D eigenvalue weighted by atomic mass is 32.2. The number of hydroxylamine groups is 2. The van der Waals surface area contributed by atoms with Crippen molar-refractivity contribution in [2.75, 3.05) is 83.4 Å². The van der Waals surface area contributed by atoms with Crippen LogP contribution in [-0.4, -0.2) is 156 Å². The average Bonchev–Trinajstić information content (AvgIpc) is 4.09. The second-order valence-electron chi connectivity index (χ2n) is 21.0. The predicted molar refractivity (Wildman–Crippen MR) is 290 cm³/mol. The number of carbonyl (C=O) groups excluding carboxylic acids is 3. The van der Waals surface area contributed by atoms with Gasteiger partial charge >= 0.3 is 5.97 Å². The highest BCUT2D eigenvalue weighted by Gasteiger charge is 2.48. The molecule has 0 spiro atoms. The van der Waals surface area contributed by atoms with Crippen molar-refractivity contribution in [1.29, 1.82) is 0 Å². The highest BCUT2D eigenvalue weighted by molar-refractivity contribution is 7.86. The summed E-state index contributed by atoms with van der Waals surface area (Å²) in [5, 5.41) is 0.447. The number of hydrogen-bond donors (Lipinski definition) is 0. The number of rotatable bonds is 29. The van der Waals surface area contributed by atoms with Crippen LogP contribution in [0.15, 0.2) is 83.5 Å². The molecule has 0 radical (unpaired) electrons. The largest absolute Gasteiger partial charge is 0.748 e. The fourth-order valence-electron chi connectivity index (χ4n) is 10.2. The molecular formula is C55H71N3O18S3-2. The van der Waals surface area contributed by atoms with Crippen LogP contribution in [0.4, 0.5) is 11.4 Å². The van der Waals surface area contributed by atoms with Gasteiger partial charge in [0, 0.05) is 117 Å². The summed E-state index contributed by atoms with van der Waals surface area (Å²) in [4.78, 5) is 43.9. The molecule has 1 unspecified atom stereocenters. The Kier molecular flexibility index (Phi) is 21.0. The van der Waals surface area contributed by atoms with Gasteiger partial charge in [0.05, 0.1) is 62.5 Å². The van der Waals surface area contributed by atoms with Crippen molar-refractivity contribution in [3.05, 3.63) is 95.3 Å². The highest BCUT2D eigenvalue weighted by Crippen LogP contribution is 2.49. The maximum Gasteiger partial charge on any atom is 0.333 e. The van der Waals surface area contributed by atoms with Crippen LogP contribution in [0.5, 0.6) is 5.75 Å². The zero-order valence-corrected chi connectivity index (χ0v) is 48.2. The number of imide groups is 1. The lowest BCUT2D eigenvalue weighted by Crippen LogP contribution is -2.52. The predicted octanol–water partition coefficient (Wildman–Crippen LogP) is 6.18. The number of carbonyl (C=O) groups is 3. The Hall–Kier alpha value is -5.41. The number of hydrogen-bond acceptors (Lipinski definition) is 19. The Morgan fingerprint density at radius 2 is 1.43 bits per heavy atom. The monoisotopic (exact) mass is 1160 g/mol. The lowest BCUT2D eigenvalue weighted by molar-refractivity contribution is -0.437. The van der Waals surface area contributed by atoms with E-state index in [0.29, 0.717) is 86.0 Å². The summed E-state index contributed by atoms with van der Waals surface area (Å²) in [6.07, 6.45) is 13.8. The van der Waals surface area contributed by atoms with Crippen LogP contribution in [0.1, 0.15) is 109 Å². The van der Waals surface area contributed by atoms with E-state index in [1.165, 1.54) is 12.1 Å². The number of nitrogens with zero attached hydrogens (tertiary/aromatic N) is 3. The minimum atomic E-state index is -4.95. The number of fused-ring (bicyclic) bond motifs is 3. The molecular weight excluding hydrogens is 1090 g/mol. The van der Waals surface area contributed by atoms with E-state index in [9.17, 15) is 53.3 Å². The number of ether oxygens (including phenoxy) is 5. The first-order valence-corrected chi connectivity index (χ1v) is 30.6. The van der Waals surface area contributed by atoms with Gasteiger partial charge in [-0.2, -0.15) is 4.58 Å². The molecule has 1 saturated heterocycles. The van der Waals surface area contributed by atoms with Crippen molar-refractivity contribution >= 4 is 76.4 Å². The van der Waals surface area contributed by atoms with Gasteiger partial charge in [0.25, 0.3) is 11.8 Å². The molecule has 4 heterocycles. The fraction of sp³-hybridized carbons (Fsp3) is 0.527. The molecule has 0 aliphatic carbocycles. The van der Waals surface area contributed by atoms with E-state index in [-0.39, 0.29) is 58.0 Å². The van der Waals surface area contributed by atoms with E-state index in [4.69, 9.17) is 28.5 Å². The first-order valence-electron chi connectivity index (χ1n) is 26.0. The van der Waals surface area contributed by atoms with E-state index in [1.807, 2.05) is 52.0 Å². The van der Waals surface area contributed by atoms with Crippen LogP contribution in [0, 0.1) is 5.41 Å². The topological polar surface area (TPSA) is 288 Å². The zero-order chi connectivity index (χ0) is 58.0. The Balaban J connectivity index is 1.40. The smallest absolute Gasteiger partial charge is 0.333 e. The molecule has 4 aliphatic rings. The number of anilines is 1. The van der Waals surface area contributed by atoms with Crippen LogP contribution < -0.4 is 9.64 Å². The molecule has 2 aromatic carbocycles. The fourth-order valence-corrected chi connectivity index (χ4v) is 11.7. The zero-order valence-electron chi connectivity index (χ0n) is 45.8. The maximum atomic E-state index is 12.9. The first-order chi connectivity index (χ1) is 37.1. The Morgan fingerprint density at radius 1 is 0.797 bits per heavy atom. The maximum absolute atomic E-state index is 12.9. The van der Waals surface area contributed by atoms with Gasteiger partial charge in [0.1, 0.15) is 28.2 Å². The molecule has 0 saturated carbocycles. The molecule has 79 heavy (non-hydrogen) atoms. The molecule has 6 rings (SSSR count). The van der Waals surface area contributed by atoms with Gasteiger partial charge in [0.15, 0.2) is 5.71 Å². The van der Waals surface area contributed by atoms with E-state index >= 15 is 0 Å². The van der Waals surface area contributed by atoms with Crippen molar-refractivity contribution in [3.8, 4) is 5.75 Å².